The molecule has 0 amide bonds. The number of hydrogen-bond donors (Lipinski definition) is 1. The van der Waals surface area contributed by atoms with Crippen molar-refractivity contribution in [1.29, 1.82) is 5.26 Å². The van der Waals surface area contributed by atoms with Crippen molar-refractivity contribution >= 4 is 21.6 Å². The maximum Gasteiger partial charge on any atom is 0.100 e. The first-order chi connectivity index (χ1) is 7.63. The molecule has 0 atom stereocenters. The summed E-state index contributed by atoms with van der Waals surface area (Å²) in [6.07, 6.45) is 2.42. The summed E-state index contributed by atoms with van der Waals surface area (Å²) in [7, 11) is 0. The van der Waals surface area contributed by atoms with Crippen molar-refractivity contribution in [2.75, 3.05) is 11.9 Å². The third-order valence-corrected chi connectivity index (χ3v) is 3.03. The lowest BCUT2D eigenvalue weighted by Gasteiger charge is -2.08. The van der Waals surface area contributed by atoms with Gasteiger partial charge in [-0.3, -0.25) is 0 Å². The molecule has 0 aliphatic rings. The van der Waals surface area contributed by atoms with Crippen LogP contribution in [0.5, 0.6) is 0 Å². The molecule has 0 aliphatic carbocycles. The highest BCUT2D eigenvalue weighted by Gasteiger charge is 2.00. The van der Waals surface area contributed by atoms with Crippen LogP contribution in [0.25, 0.3) is 0 Å². The van der Waals surface area contributed by atoms with Crippen LogP contribution in [0.2, 0.25) is 0 Å². The highest BCUT2D eigenvalue weighted by Crippen LogP contribution is 2.20. The van der Waals surface area contributed by atoms with E-state index in [0.717, 1.165) is 22.6 Å². The molecule has 0 saturated heterocycles. The van der Waals surface area contributed by atoms with Crippen LogP contribution in [0.3, 0.4) is 0 Å². The zero-order valence-corrected chi connectivity index (χ0v) is 11.3. The summed E-state index contributed by atoms with van der Waals surface area (Å²) in [5.41, 5.74) is 1.74. The van der Waals surface area contributed by atoms with Crippen molar-refractivity contribution in [3.05, 3.63) is 28.2 Å². The lowest BCUT2D eigenvalue weighted by atomic mass is 10.1. The van der Waals surface area contributed by atoms with E-state index in [2.05, 4.69) is 41.2 Å². The summed E-state index contributed by atoms with van der Waals surface area (Å²) < 4.78 is 0.851. The minimum Gasteiger partial charge on any atom is -0.385 e. The second kappa shape index (κ2) is 6.55. The average molecular weight is 281 g/mol. The van der Waals surface area contributed by atoms with E-state index in [4.69, 9.17) is 5.26 Å². The van der Waals surface area contributed by atoms with Crippen molar-refractivity contribution in [3.8, 4) is 6.07 Å². The van der Waals surface area contributed by atoms with Crippen LogP contribution in [0.4, 0.5) is 5.69 Å². The molecule has 0 aromatic heterocycles. The highest BCUT2D eigenvalue weighted by molar-refractivity contribution is 9.10. The van der Waals surface area contributed by atoms with Gasteiger partial charge >= 0.3 is 0 Å². The zero-order chi connectivity index (χ0) is 12.0. The number of nitrogens with one attached hydrogen (secondary N) is 1. The highest BCUT2D eigenvalue weighted by atomic mass is 79.9. The fourth-order valence-corrected chi connectivity index (χ4v) is 1.93. The first-order valence-electron chi connectivity index (χ1n) is 5.57. The summed E-state index contributed by atoms with van der Waals surface area (Å²) in [5.74, 6) is 0.759. The van der Waals surface area contributed by atoms with Crippen molar-refractivity contribution < 1.29 is 0 Å². The largest absolute Gasteiger partial charge is 0.385 e. The Morgan fingerprint density at radius 3 is 2.75 bits per heavy atom. The second-order valence-electron chi connectivity index (χ2n) is 4.27. The van der Waals surface area contributed by atoms with Crippen LogP contribution in [-0.4, -0.2) is 6.54 Å². The molecule has 3 heteroatoms. The summed E-state index contributed by atoms with van der Waals surface area (Å²) in [6.45, 7) is 5.45. The summed E-state index contributed by atoms with van der Waals surface area (Å²) in [5, 5.41) is 12.1. The van der Waals surface area contributed by atoms with Crippen molar-refractivity contribution in [3.63, 3.8) is 0 Å². The van der Waals surface area contributed by atoms with Gasteiger partial charge in [0.25, 0.3) is 0 Å². The molecule has 0 unspecified atom stereocenters. The zero-order valence-electron chi connectivity index (χ0n) is 9.76. The van der Waals surface area contributed by atoms with E-state index in [0.29, 0.717) is 5.56 Å². The lowest BCUT2D eigenvalue weighted by Crippen LogP contribution is -2.03. The van der Waals surface area contributed by atoms with Gasteiger partial charge in [0.15, 0.2) is 0 Å². The van der Waals surface area contributed by atoms with E-state index < -0.39 is 0 Å². The van der Waals surface area contributed by atoms with E-state index in [1.165, 1.54) is 12.8 Å². The number of nitriles is 1. The Morgan fingerprint density at radius 1 is 1.44 bits per heavy atom. The normalized spacial score (nSPS) is 10.2. The summed E-state index contributed by atoms with van der Waals surface area (Å²) >= 11 is 3.38. The molecule has 86 valence electrons. The molecule has 1 aromatic carbocycles. The molecule has 1 rings (SSSR count). The van der Waals surface area contributed by atoms with Crippen LogP contribution in [0, 0.1) is 17.2 Å². The van der Waals surface area contributed by atoms with Crippen LogP contribution in [0.15, 0.2) is 22.7 Å². The van der Waals surface area contributed by atoms with Crippen LogP contribution in [0.1, 0.15) is 32.3 Å². The molecular weight excluding hydrogens is 264 g/mol. The van der Waals surface area contributed by atoms with E-state index in [-0.39, 0.29) is 0 Å². The van der Waals surface area contributed by atoms with Crippen LogP contribution in [-0.2, 0) is 0 Å². The molecule has 0 aliphatic heterocycles. The van der Waals surface area contributed by atoms with Gasteiger partial charge in [-0.25, -0.2) is 0 Å². The Balaban J connectivity index is 2.44. The molecule has 0 saturated carbocycles. The molecule has 2 nitrogen and oxygen atoms in total. The van der Waals surface area contributed by atoms with Gasteiger partial charge in [0.05, 0.1) is 5.56 Å². The Bertz CT molecular complexity index is 380. The van der Waals surface area contributed by atoms with Crippen LogP contribution >= 0.6 is 15.9 Å². The quantitative estimate of drug-likeness (QED) is 0.822. The summed E-state index contributed by atoms with van der Waals surface area (Å²) in [6, 6.07) is 7.85. The molecule has 1 aromatic rings. The minimum absolute atomic E-state index is 0.674. The fraction of sp³-hybridized carbons (Fsp3) is 0.462. The van der Waals surface area contributed by atoms with Crippen molar-refractivity contribution in [2.45, 2.75) is 26.7 Å². The molecule has 0 radical (unpaired) electrons. The van der Waals surface area contributed by atoms with Crippen LogP contribution < -0.4 is 5.32 Å². The topological polar surface area (TPSA) is 35.8 Å². The van der Waals surface area contributed by atoms with Gasteiger partial charge in [0.2, 0.25) is 0 Å². The Labute approximate surface area is 106 Å². The second-order valence-corrected chi connectivity index (χ2v) is 5.12. The van der Waals surface area contributed by atoms with Gasteiger partial charge in [0, 0.05) is 16.7 Å². The number of rotatable bonds is 5. The average Bonchev–Trinajstić information content (AvgIpc) is 2.24. The molecule has 0 fully saturated rings. The first kappa shape index (κ1) is 13.1. The fourth-order valence-electron chi connectivity index (χ4n) is 1.46. The van der Waals surface area contributed by atoms with Gasteiger partial charge in [-0.05, 0) is 52.9 Å². The van der Waals surface area contributed by atoms with E-state index in [9.17, 15) is 0 Å². The van der Waals surface area contributed by atoms with E-state index in [1.54, 1.807) is 0 Å². The predicted octanol–water partition coefficient (Wildman–Crippen LogP) is 4.17. The van der Waals surface area contributed by atoms with E-state index in [1.807, 2.05) is 18.2 Å². The van der Waals surface area contributed by atoms with Gasteiger partial charge in [0.1, 0.15) is 6.07 Å². The number of anilines is 1. The number of hydrogen-bond acceptors (Lipinski definition) is 2. The van der Waals surface area contributed by atoms with Gasteiger partial charge < -0.3 is 5.32 Å². The predicted molar refractivity (Wildman–Crippen MR) is 71.4 cm³/mol. The molecule has 1 N–H and O–H groups in total. The van der Waals surface area contributed by atoms with Crippen molar-refractivity contribution in [2.24, 2.45) is 5.92 Å². The number of halogens is 1. The molecule has 0 heterocycles. The summed E-state index contributed by atoms with van der Waals surface area (Å²) in [4.78, 5) is 0. The number of benzene rings is 1. The molecular formula is C13H17BrN2. The van der Waals surface area contributed by atoms with Gasteiger partial charge in [-0.2, -0.15) is 5.26 Å². The first-order valence-corrected chi connectivity index (χ1v) is 6.36. The Hall–Kier alpha value is -1.01. The maximum atomic E-state index is 8.78. The smallest absolute Gasteiger partial charge is 0.100 e. The Kier molecular flexibility index (Phi) is 5.34. The molecule has 16 heavy (non-hydrogen) atoms. The number of nitrogens with zero attached hydrogens (tertiary/aromatic N) is 1. The van der Waals surface area contributed by atoms with E-state index >= 15 is 0 Å². The third kappa shape index (κ3) is 4.24. The van der Waals surface area contributed by atoms with Crippen molar-refractivity contribution in [1.82, 2.24) is 0 Å². The lowest BCUT2D eigenvalue weighted by molar-refractivity contribution is 0.567. The minimum atomic E-state index is 0.674. The standard InChI is InChI=1S/C13H17BrN2/c1-10(2)4-3-7-16-12-6-5-11(9-15)13(14)8-12/h5-6,8,10,16H,3-4,7H2,1-2H3. The molecule has 0 spiro atoms. The Morgan fingerprint density at radius 2 is 2.19 bits per heavy atom. The van der Waals surface area contributed by atoms with Gasteiger partial charge in [-0.15, -0.1) is 0 Å². The monoisotopic (exact) mass is 280 g/mol. The third-order valence-electron chi connectivity index (χ3n) is 2.38. The SMILES string of the molecule is CC(C)CCCNc1ccc(C#N)c(Br)c1. The van der Waals surface area contributed by atoms with Gasteiger partial charge in [-0.1, -0.05) is 13.8 Å². The molecule has 0 bridgehead atoms. The maximum absolute atomic E-state index is 8.78.